The van der Waals surface area contributed by atoms with Gasteiger partial charge in [0.05, 0.1) is 13.2 Å². The van der Waals surface area contributed by atoms with Crippen molar-refractivity contribution in [1.29, 1.82) is 0 Å². The van der Waals surface area contributed by atoms with E-state index in [1.807, 2.05) is 13.1 Å². The molecule has 162 valence electrons. The Kier molecular flexibility index (Phi) is 8.19. The molecule has 29 heavy (non-hydrogen) atoms. The van der Waals surface area contributed by atoms with Crippen molar-refractivity contribution in [3.8, 4) is 5.75 Å². The first-order chi connectivity index (χ1) is 14.2. The van der Waals surface area contributed by atoms with Gasteiger partial charge >= 0.3 is 0 Å². The fourth-order valence-corrected chi connectivity index (χ4v) is 4.24. The second kappa shape index (κ2) is 10.8. The van der Waals surface area contributed by atoms with Gasteiger partial charge in [0.1, 0.15) is 5.75 Å². The van der Waals surface area contributed by atoms with Crippen molar-refractivity contribution in [2.45, 2.75) is 45.1 Å². The second-order valence-corrected chi connectivity index (χ2v) is 8.25. The zero-order chi connectivity index (χ0) is 20.5. The third kappa shape index (κ3) is 6.09. The molecule has 1 heterocycles. The highest BCUT2D eigenvalue weighted by Crippen LogP contribution is 2.48. The summed E-state index contributed by atoms with van der Waals surface area (Å²) in [6.07, 6.45) is 6.22. The van der Waals surface area contributed by atoms with Gasteiger partial charge in [-0.2, -0.15) is 0 Å². The molecule has 0 bridgehead atoms. The Morgan fingerprint density at radius 1 is 1.21 bits per heavy atom. The van der Waals surface area contributed by atoms with Gasteiger partial charge in [-0.25, -0.2) is 0 Å². The molecule has 0 spiro atoms. The summed E-state index contributed by atoms with van der Waals surface area (Å²) in [5.74, 6) is 1.84. The van der Waals surface area contributed by atoms with E-state index >= 15 is 0 Å². The van der Waals surface area contributed by atoms with Crippen LogP contribution in [0.3, 0.4) is 0 Å². The maximum atomic E-state index is 5.65. The molecule has 1 atom stereocenters. The number of nitrogens with one attached hydrogen (secondary N) is 2. The van der Waals surface area contributed by atoms with Crippen molar-refractivity contribution in [3.05, 3.63) is 29.8 Å². The molecule has 6 nitrogen and oxygen atoms in total. The van der Waals surface area contributed by atoms with Crippen molar-refractivity contribution in [3.63, 3.8) is 0 Å². The average molecular weight is 403 g/mol. The Morgan fingerprint density at radius 3 is 2.62 bits per heavy atom. The summed E-state index contributed by atoms with van der Waals surface area (Å²) in [6.45, 7) is 7.76. The van der Waals surface area contributed by atoms with E-state index in [0.29, 0.717) is 5.41 Å². The fraction of sp³-hybridized carbons (Fsp3) is 0.696. The minimum Gasteiger partial charge on any atom is -0.496 e. The Bertz CT molecular complexity index is 654. The van der Waals surface area contributed by atoms with Gasteiger partial charge in [-0.15, -0.1) is 0 Å². The van der Waals surface area contributed by atoms with E-state index in [2.05, 4.69) is 45.6 Å². The van der Waals surface area contributed by atoms with Crippen LogP contribution in [0.15, 0.2) is 29.3 Å². The highest BCUT2D eigenvalue weighted by molar-refractivity contribution is 5.79. The minimum absolute atomic E-state index is 0.278. The van der Waals surface area contributed by atoms with Gasteiger partial charge in [0.25, 0.3) is 0 Å². The first-order valence-corrected chi connectivity index (χ1v) is 11.1. The fourth-order valence-electron chi connectivity index (χ4n) is 4.24. The number of aliphatic imine (C=N–C) groups is 1. The molecule has 2 aliphatic rings. The van der Waals surface area contributed by atoms with Crippen LogP contribution in [0.25, 0.3) is 0 Å². The van der Waals surface area contributed by atoms with Crippen molar-refractivity contribution in [1.82, 2.24) is 15.5 Å². The molecule has 1 aliphatic heterocycles. The third-order valence-electron chi connectivity index (χ3n) is 6.33. The van der Waals surface area contributed by atoms with Gasteiger partial charge in [-0.3, -0.25) is 9.89 Å². The summed E-state index contributed by atoms with van der Waals surface area (Å²) < 4.78 is 11.2. The smallest absolute Gasteiger partial charge is 0.191 e. The number of likely N-dealkylation sites (tertiary alicyclic amines) is 1. The van der Waals surface area contributed by atoms with E-state index in [1.54, 1.807) is 7.11 Å². The molecular formula is C23H38N4O2. The summed E-state index contributed by atoms with van der Waals surface area (Å²) in [6, 6.07) is 8.66. The highest BCUT2D eigenvalue weighted by atomic mass is 16.5. The topological polar surface area (TPSA) is 58.1 Å². The number of hydrogen-bond donors (Lipinski definition) is 2. The Morgan fingerprint density at radius 2 is 1.97 bits per heavy atom. The molecule has 1 unspecified atom stereocenters. The second-order valence-electron chi connectivity index (χ2n) is 8.25. The number of benzene rings is 1. The lowest BCUT2D eigenvalue weighted by molar-refractivity contribution is 0.128. The van der Waals surface area contributed by atoms with Crippen LogP contribution in [0, 0.1) is 5.41 Å². The van der Waals surface area contributed by atoms with Crippen molar-refractivity contribution in [2.75, 3.05) is 53.6 Å². The summed E-state index contributed by atoms with van der Waals surface area (Å²) in [5, 5.41) is 7.13. The Hall–Kier alpha value is -1.79. The molecule has 1 saturated heterocycles. The summed E-state index contributed by atoms with van der Waals surface area (Å²) in [4.78, 5) is 7.02. The molecule has 1 aromatic rings. The lowest BCUT2D eigenvalue weighted by Gasteiger charge is -2.30. The first kappa shape index (κ1) is 21.9. The number of methoxy groups -OCH3 is 1. The van der Waals surface area contributed by atoms with E-state index in [-0.39, 0.29) is 6.04 Å². The van der Waals surface area contributed by atoms with Crippen LogP contribution in [0.1, 0.15) is 50.6 Å². The van der Waals surface area contributed by atoms with Crippen LogP contribution in [0.2, 0.25) is 0 Å². The van der Waals surface area contributed by atoms with Gasteiger partial charge in [0.15, 0.2) is 5.96 Å². The van der Waals surface area contributed by atoms with Gasteiger partial charge in [0.2, 0.25) is 0 Å². The molecule has 2 fully saturated rings. The molecule has 1 saturated carbocycles. The van der Waals surface area contributed by atoms with Crippen LogP contribution in [0.4, 0.5) is 0 Å². The van der Waals surface area contributed by atoms with E-state index < -0.39 is 0 Å². The van der Waals surface area contributed by atoms with E-state index in [4.69, 9.17) is 9.47 Å². The molecule has 0 radical (unpaired) electrons. The van der Waals surface area contributed by atoms with Gasteiger partial charge < -0.3 is 20.1 Å². The number of ether oxygens (including phenoxy) is 2. The number of guanidine groups is 1. The maximum absolute atomic E-state index is 5.65. The third-order valence-corrected chi connectivity index (χ3v) is 6.33. The standard InChI is InChI=1S/C23H38N4O2/c1-4-29-16-13-23(11-12-23)18-26-22(24-2)25-17-20(27-14-7-8-15-27)19-9-5-6-10-21(19)28-3/h5-6,9-10,20H,4,7-8,11-18H2,1-3H3,(H2,24,25,26). The van der Waals surface area contributed by atoms with E-state index in [1.165, 1.54) is 31.2 Å². The number of para-hydroxylation sites is 1. The lowest BCUT2D eigenvalue weighted by atomic mass is 10.0. The largest absolute Gasteiger partial charge is 0.496 e. The first-order valence-electron chi connectivity index (χ1n) is 11.1. The predicted molar refractivity (Wildman–Crippen MR) is 119 cm³/mol. The van der Waals surface area contributed by atoms with Crippen LogP contribution in [-0.4, -0.2) is 64.4 Å². The predicted octanol–water partition coefficient (Wildman–Crippen LogP) is 3.20. The Labute approximate surface area is 176 Å². The van der Waals surface area contributed by atoms with E-state index in [9.17, 15) is 0 Å². The van der Waals surface area contributed by atoms with Crippen molar-refractivity contribution >= 4 is 5.96 Å². The lowest BCUT2D eigenvalue weighted by Crippen LogP contribution is -2.44. The van der Waals surface area contributed by atoms with E-state index in [0.717, 1.165) is 57.5 Å². The molecule has 0 aromatic heterocycles. The molecule has 3 rings (SSSR count). The SMILES string of the molecule is CCOCCC1(CNC(=NC)NCC(c2ccccc2OC)N2CCCC2)CC1. The minimum atomic E-state index is 0.278. The molecule has 2 N–H and O–H groups in total. The molecule has 6 heteroatoms. The summed E-state index contributed by atoms with van der Waals surface area (Å²) in [7, 11) is 3.61. The van der Waals surface area contributed by atoms with Crippen molar-refractivity contribution in [2.24, 2.45) is 10.4 Å². The maximum Gasteiger partial charge on any atom is 0.191 e. The van der Waals surface area contributed by atoms with Crippen LogP contribution in [0.5, 0.6) is 5.75 Å². The van der Waals surface area contributed by atoms with Crippen LogP contribution >= 0.6 is 0 Å². The zero-order valence-corrected chi connectivity index (χ0v) is 18.4. The number of rotatable bonds is 11. The normalized spacial score (nSPS) is 19.8. The molecule has 1 aromatic carbocycles. The van der Waals surface area contributed by atoms with Gasteiger partial charge in [-0.1, -0.05) is 18.2 Å². The molecular weight excluding hydrogens is 364 g/mol. The number of hydrogen-bond acceptors (Lipinski definition) is 4. The quantitative estimate of drug-likeness (QED) is 0.338. The highest BCUT2D eigenvalue weighted by Gasteiger charge is 2.42. The van der Waals surface area contributed by atoms with Crippen LogP contribution < -0.4 is 15.4 Å². The number of nitrogens with zero attached hydrogens (tertiary/aromatic N) is 2. The van der Waals surface area contributed by atoms with Crippen LogP contribution in [-0.2, 0) is 4.74 Å². The summed E-state index contributed by atoms with van der Waals surface area (Å²) in [5.41, 5.74) is 1.64. The summed E-state index contributed by atoms with van der Waals surface area (Å²) >= 11 is 0. The van der Waals surface area contributed by atoms with Gasteiger partial charge in [0, 0.05) is 38.9 Å². The Balaban J connectivity index is 1.58. The average Bonchev–Trinajstić information content (AvgIpc) is 3.31. The van der Waals surface area contributed by atoms with Crippen molar-refractivity contribution < 1.29 is 9.47 Å². The molecule has 1 aliphatic carbocycles. The molecule has 0 amide bonds. The zero-order valence-electron chi connectivity index (χ0n) is 18.4. The van der Waals surface area contributed by atoms with Gasteiger partial charge in [-0.05, 0) is 63.6 Å². The monoisotopic (exact) mass is 402 g/mol.